The summed E-state index contributed by atoms with van der Waals surface area (Å²) in [7, 11) is 3.39. The number of hydrogen-bond acceptors (Lipinski definition) is 2. The minimum absolute atomic E-state index is 0.0233. The van der Waals surface area contributed by atoms with Gasteiger partial charge in [0.1, 0.15) is 17.3 Å². The molecule has 0 fully saturated rings. The van der Waals surface area contributed by atoms with Gasteiger partial charge >= 0.3 is 0 Å². The third-order valence-electron chi connectivity index (χ3n) is 3.17. The van der Waals surface area contributed by atoms with Crippen molar-refractivity contribution in [1.82, 2.24) is 5.32 Å². The molecule has 2 aromatic rings. The predicted octanol–water partition coefficient (Wildman–Crippen LogP) is 3.97. The van der Waals surface area contributed by atoms with Crippen molar-refractivity contribution in [2.24, 2.45) is 0 Å². The predicted molar refractivity (Wildman–Crippen MR) is 82.7 cm³/mol. The third-order valence-corrected chi connectivity index (χ3v) is 3.42. The molecular weight excluding hydrogens is 294 g/mol. The first-order valence-electron chi connectivity index (χ1n) is 6.59. The van der Waals surface area contributed by atoms with Gasteiger partial charge in [0.15, 0.2) is 0 Å². The van der Waals surface area contributed by atoms with Gasteiger partial charge in [-0.3, -0.25) is 0 Å². The molecule has 0 amide bonds. The summed E-state index contributed by atoms with van der Waals surface area (Å²) in [6.45, 7) is 0.825. The molecule has 1 N–H and O–H groups in total. The van der Waals surface area contributed by atoms with Gasteiger partial charge in [-0.2, -0.15) is 0 Å². The Morgan fingerprint density at radius 3 is 2.14 bits per heavy atom. The van der Waals surface area contributed by atoms with E-state index in [-0.39, 0.29) is 5.69 Å². The third kappa shape index (κ3) is 3.93. The highest BCUT2D eigenvalue weighted by Crippen LogP contribution is 2.25. The molecule has 0 atom stereocenters. The van der Waals surface area contributed by atoms with Crippen LogP contribution in [0.5, 0.6) is 0 Å². The van der Waals surface area contributed by atoms with Gasteiger partial charge in [0.2, 0.25) is 0 Å². The number of halogens is 3. The second-order valence-corrected chi connectivity index (χ2v) is 5.36. The quantitative estimate of drug-likeness (QED) is 0.899. The fourth-order valence-corrected chi connectivity index (χ4v) is 2.36. The van der Waals surface area contributed by atoms with Crippen molar-refractivity contribution >= 4 is 17.3 Å². The lowest BCUT2D eigenvalue weighted by Crippen LogP contribution is -2.19. The molecule has 0 radical (unpaired) electrons. The maximum Gasteiger partial charge on any atom is 0.149 e. The maximum absolute atomic E-state index is 14.1. The Bertz CT molecular complexity index is 591. The number of nitrogens with one attached hydrogen (secondary N) is 1. The lowest BCUT2D eigenvalue weighted by molar-refractivity contribution is 0.571. The van der Waals surface area contributed by atoms with E-state index in [4.69, 9.17) is 11.6 Å². The molecule has 5 heteroatoms. The summed E-state index contributed by atoms with van der Waals surface area (Å²) in [5.74, 6) is -1.12. The largest absolute Gasteiger partial charge is 0.366 e. The fourth-order valence-electron chi connectivity index (χ4n) is 2.23. The van der Waals surface area contributed by atoms with Gasteiger partial charge in [0.05, 0.1) is 0 Å². The second-order valence-electron chi connectivity index (χ2n) is 4.92. The van der Waals surface area contributed by atoms with E-state index in [0.717, 1.165) is 5.56 Å². The molecule has 2 rings (SSSR count). The average Bonchev–Trinajstić information content (AvgIpc) is 2.41. The molecule has 21 heavy (non-hydrogen) atoms. The second kappa shape index (κ2) is 6.87. The molecule has 0 saturated heterocycles. The van der Waals surface area contributed by atoms with E-state index in [9.17, 15) is 8.78 Å². The summed E-state index contributed by atoms with van der Waals surface area (Å²) >= 11 is 5.82. The molecule has 0 aliphatic heterocycles. The monoisotopic (exact) mass is 310 g/mol. The van der Waals surface area contributed by atoms with Crippen LogP contribution in [-0.4, -0.2) is 14.1 Å². The molecule has 0 saturated carbocycles. The highest BCUT2D eigenvalue weighted by atomic mass is 35.5. The average molecular weight is 311 g/mol. The zero-order chi connectivity index (χ0) is 15.4. The van der Waals surface area contributed by atoms with E-state index in [1.165, 1.54) is 12.1 Å². The van der Waals surface area contributed by atoms with Crippen LogP contribution in [0.15, 0.2) is 36.4 Å². The van der Waals surface area contributed by atoms with E-state index >= 15 is 0 Å². The highest BCUT2D eigenvalue weighted by Gasteiger charge is 2.15. The molecule has 0 spiro atoms. The molecule has 112 valence electrons. The molecule has 2 nitrogen and oxygen atoms in total. The van der Waals surface area contributed by atoms with E-state index in [0.29, 0.717) is 23.7 Å². The molecule has 0 aliphatic carbocycles. The van der Waals surface area contributed by atoms with E-state index in [2.05, 4.69) is 5.32 Å². The molecule has 0 heterocycles. The Kier molecular flexibility index (Phi) is 5.15. The van der Waals surface area contributed by atoms with Crippen molar-refractivity contribution in [2.75, 3.05) is 19.0 Å². The van der Waals surface area contributed by atoms with Gasteiger partial charge in [-0.05, 0) is 42.4 Å². The lowest BCUT2D eigenvalue weighted by atomic mass is 10.1. The normalized spacial score (nSPS) is 10.7. The zero-order valence-electron chi connectivity index (χ0n) is 12.0. The van der Waals surface area contributed by atoms with Crippen molar-refractivity contribution in [3.63, 3.8) is 0 Å². The summed E-state index contributed by atoms with van der Waals surface area (Å²) in [5.41, 5.74) is 1.49. The van der Waals surface area contributed by atoms with E-state index in [1.54, 1.807) is 31.1 Å². The first-order chi connectivity index (χ1) is 10.0. The Hall–Kier alpha value is -1.65. The molecule has 2 aromatic carbocycles. The molecule has 0 bridgehead atoms. The minimum Gasteiger partial charge on any atom is -0.366 e. The lowest BCUT2D eigenvalue weighted by Gasteiger charge is -2.21. The Labute approximate surface area is 128 Å². The molecule has 0 unspecified atom stereocenters. The zero-order valence-corrected chi connectivity index (χ0v) is 12.7. The van der Waals surface area contributed by atoms with Gasteiger partial charge in [-0.1, -0.05) is 23.7 Å². The summed E-state index contributed by atoms with van der Waals surface area (Å²) in [6, 6.07) is 9.90. The van der Waals surface area contributed by atoms with Crippen molar-refractivity contribution in [3.05, 3.63) is 64.2 Å². The van der Waals surface area contributed by atoms with Gasteiger partial charge in [0.25, 0.3) is 0 Å². The van der Waals surface area contributed by atoms with Crippen LogP contribution in [0.25, 0.3) is 0 Å². The van der Waals surface area contributed by atoms with E-state index < -0.39 is 11.6 Å². The van der Waals surface area contributed by atoms with Crippen molar-refractivity contribution in [1.29, 1.82) is 0 Å². The first-order valence-corrected chi connectivity index (χ1v) is 6.97. The van der Waals surface area contributed by atoms with Crippen LogP contribution < -0.4 is 10.2 Å². The molecular formula is C16H17ClF2N2. The van der Waals surface area contributed by atoms with Crippen molar-refractivity contribution in [2.45, 2.75) is 13.1 Å². The van der Waals surface area contributed by atoms with Crippen LogP contribution in [0, 0.1) is 11.6 Å². The van der Waals surface area contributed by atoms with Crippen LogP contribution in [0.1, 0.15) is 11.1 Å². The number of benzene rings is 2. The number of rotatable bonds is 5. The molecule has 0 aromatic heterocycles. The van der Waals surface area contributed by atoms with Crippen LogP contribution in [0.2, 0.25) is 5.02 Å². The van der Waals surface area contributed by atoms with E-state index in [1.807, 2.05) is 12.1 Å². The highest BCUT2D eigenvalue weighted by molar-refractivity contribution is 6.30. The molecule has 0 aliphatic rings. The summed E-state index contributed by atoms with van der Waals surface area (Å²) in [4.78, 5) is 1.55. The Morgan fingerprint density at radius 1 is 1.05 bits per heavy atom. The smallest absolute Gasteiger partial charge is 0.149 e. The minimum atomic E-state index is -0.559. The summed E-state index contributed by atoms with van der Waals surface area (Å²) < 4.78 is 28.2. The number of nitrogens with zero attached hydrogens (tertiary/aromatic N) is 1. The number of anilines is 1. The van der Waals surface area contributed by atoms with Crippen molar-refractivity contribution < 1.29 is 8.78 Å². The topological polar surface area (TPSA) is 15.3 Å². The van der Waals surface area contributed by atoms with Crippen LogP contribution in [0.3, 0.4) is 0 Å². The number of hydrogen-bond donors (Lipinski definition) is 1. The van der Waals surface area contributed by atoms with Gasteiger partial charge in [-0.25, -0.2) is 8.78 Å². The van der Waals surface area contributed by atoms with Gasteiger partial charge in [0, 0.05) is 25.2 Å². The first kappa shape index (κ1) is 15.7. The Balaban J connectivity index is 2.22. The summed E-state index contributed by atoms with van der Waals surface area (Å²) in [6.07, 6.45) is 0. The van der Waals surface area contributed by atoms with Gasteiger partial charge < -0.3 is 10.2 Å². The van der Waals surface area contributed by atoms with Crippen molar-refractivity contribution in [3.8, 4) is 0 Å². The van der Waals surface area contributed by atoms with Crippen LogP contribution in [-0.2, 0) is 13.1 Å². The van der Waals surface area contributed by atoms with Crippen LogP contribution >= 0.6 is 11.6 Å². The maximum atomic E-state index is 14.1. The standard InChI is InChI=1S/C16H17ClF2N2/c1-20-9-12-7-14(18)16(15(19)8-12)21(2)10-11-3-5-13(17)6-4-11/h3-8,20H,9-10H2,1-2H3. The van der Waals surface area contributed by atoms with Crippen LogP contribution in [0.4, 0.5) is 14.5 Å². The fraction of sp³-hybridized carbons (Fsp3) is 0.250. The van der Waals surface area contributed by atoms with Gasteiger partial charge in [-0.15, -0.1) is 0 Å². The Morgan fingerprint density at radius 2 is 1.62 bits per heavy atom. The summed E-state index contributed by atoms with van der Waals surface area (Å²) in [5, 5.41) is 3.51. The SMILES string of the molecule is CNCc1cc(F)c(N(C)Cc2ccc(Cl)cc2)c(F)c1.